The summed E-state index contributed by atoms with van der Waals surface area (Å²) in [5.41, 5.74) is 5.73. The summed E-state index contributed by atoms with van der Waals surface area (Å²) in [5, 5.41) is 0. The lowest BCUT2D eigenvalue weighted by Gasteiger charge is -2.25. The molecule has 1 aliphatic rings. The molecule has 1 rings (SSSR count). The molecular weight excluding hydrogens is 160 g/mol. The van der Waals surface area contributed by atoms with Gasteiger partial charge in [0.05, 0.1) is 11.9 Å². The first-order valence-corrected chi connectivity index (χ1v) is 5.56. The second-order valence-electron chi connectivity index (χ2n) is 4.11. The lowest BCUT2D eigenvalue weighted by atomic mass is 9.85. The monoisotopic (exact) mass is 182 g/mol. The smallest absolute Gasteiger partial charge is 0.0937 e. The molecule has 0 aliphatic heterocycles. The second kappa shape index (κ2) is 5.25. The van der Waals surface area contributed by atoms with Gasteiger partial charge in [0, 0.05) is 6.42 Å². The maximum Gasteiger partial charge on any atom is 0.0937 e. The molecule has 1 fully saturated rings. The fraction of sp³-hybridized carbons (Fsp3) is 0.909. The molecule has 2 heteroatoms. The first-order chi connectivity index (χ1) is 6.24. The summed E-state index contributed by atoms with van der Waals surface area (Å²) < 4.78 is 0. The van der Waals surface area contributed by atoms with E-state index in [1.54, 1.807) is 0 Å². The van der Waals surface area contributed by atoms with Gasteiger partial charge in [0.25, 0.3) is 0 Å². The van der Waals surface area contributed by atoms with Crippen molar-refractivity contribution in [2.75, 3.05) is 0 Å². The van der Waals surface area contributed by atoms with Crippen LogP contribution >= 0.6 is 0 Å². The topological polar surface area (TPSA) is 38.4 Å². The van der Waals surface area contributed by atoms with Crippen LogP contribution in [-0.2, 0) is 0 Å². The molecule has 0 heterocycles. The van der Waals surface area contributed by atoms with Crippen LogP contribution in [0.2, 0.25) is 0 Å². The van der Waals surface area contributed by atoms with Crippen LogP contribution < -0.4 is 5.73 Å². The third kappa shape index (κ3) is 3.37. The highest BCUT2D eigenvalue weighted by atomic mass is 14.9. The molecule has 0 aromatic heterocycles. The van der Waals surface area contributed by atoms with Crippen molar-refractivity contribution in [2.24, 2.45) is 16.6 Å². The van der Waals surface area contributed by atoms with Gasteiger partial charge in [-0.15, -0.1) is 0 Å². The predicted molar refractivity (Wildman–Crippen MR) is 58.0 cm³/mol. The fourth-order valence-electron chi connectivity index (χ4n) is 2.07. The summed E-state index contributed by atoms with van der Waals surface area (Å²) >= 11 is 0. The largest absolute Gasteiger partial charge is 0.387 e. The summed E-state index contributed by atoms with van der Waals surface area (Å²) in [6, 6.07) is 0.445. The number of nitrogens with two attached hydrogens (primary N) is 1. The Morgan fingerprint density at radius 3 is 2.54 bits per heavy atom. The molecule has 0 amide bonds. The van der Waals surface area contributed by atoms with Crippen molar-refractivity contribution >= 4 is 5.84 Å². The lowest BCUT2D eigenvalue weighted by molar-refractivity contribution is 0.317. The van der Waals surface area contributed by atoms with E-state index in [2.05, 4.69) is 18.8 Å². The van der Waals surface area contributed by atoms with Crippen molar-refractivity contribution in [3.05, 3.63) is 0 Å². The first-order valence-electron chi connectivity index (χ1n) is 5.56. The molecule has 0 bridgehead atoms. The van der Waals surface area contributed by atoms with Crippen LogP contribution in [0.25, 0.3) is 0 Å². The van der Waals surface area contributed by atoms with Crippen LogP contribution in [0.1, 0.15) is 52.4 Å². The van der Waals surface area contributed by atoms with Crippen LogP contribution in [0, 0.1) is 5.92 Å². The summed E-state index contributed by atoms with van der Waals surface area (Å²) in [6.07, 6.45) is 7.77. The summed E-state index contributed by atoms with van der Waals surface area (Å²) in [4.78, 5) is 4.51. The van der Waals surface area contributed by atoms with Crippen LogP contribution in [0.4, 0.5) is 0 Å². The van der Waals surface area contributed by atoms with E-state index in [-0.39, 0.29) is 0 Å². The molecule has 1 saturated carbocycles. The van der Waals surface area contributed by atoms with Gasteiger partial charge in [0.15, 0.2) is 0 Å². The third-order valence-electron chi connectivity index (χ3n) is 3.06. The average Bonchev–Trinajstić information content (AvgIpc) is 2.19. The highest BCUT2D eigenvalue weighted by Gasteiger charge is 2.19. The van der Waals surface area contributed by atoms with Gasteiger partial charge in [-0.25, -0.2) is 0 Å². The molecule has 1 atom stereocenters. The van der Waals surface area contributed by atoms with Crippen molar-refractivity contribution in [2.45, 2.75) is 58.4 Å². The number of hydrogen-bond donors (Lipinski definition) is 1. The van der Waals surface area contributed by atoms with E-state index in [1.165, 1.54) is 32.1 Å². The first kappa shape index (κ1) is 10.6. The summed E-state index contributed by atoms with van der Waals surface area (Å²) in [6.45, 7) is 4.27. The normalized spacial score (nSPS) is 23.1. The third-order valence-corrected chi connectivity index (χ3v) is 3.06. The van der Waals surface area contributed by atoms with Crippen LogP contribution in [0.3, 0.4) is 0 Å². The maximum absolute atomic E-state index is 5.73. The van der Waals surface area contributed by atoms with E-state index >= 15 is 0 Å². The molecule has 1 unspecified atom stereocenters. The minimum absolute atomic E-state index is 0.445. The molecule has 76 valence electrons. The van der Waals surface area contributed by atoms with Gasteiger partial charge >= 0.3 is 0 Å². The number of aliphatic imine (C=N–C) groups is 1. The van der Waals surface area contributed by atoms with Crippen LogP contribution in [0.5, 0.6) is 0 Å². The zero-order valence-electron chi connectivity index (χ0n) is 8.92. The molecule has 0 aromatic carbocycles. The van der Waals surface area contributed by atoms with E-state index in [0.717, 1.165) is 18.2 Å². The Hall–Kier alpha value is -0.530. The van der Waals surface area contributed by atoms with Crippen molar-refractivity contribution in [1.82, 2.24) is 0 Å². The summed E-state index contributed by atoms with van der Waals surface area (Å²) in [5.74, 6) is 1.61. The van der Waals surface area contributed by atoms with Crippen molar-refractivity contribution in [3.63, 3.8) is 0 Å². The van der Waals surface area contributed by atoms with Crippen LogP contribution in [0.15, 0.2) is 4.99 Å². The average molecular weight is 182 g/mol. The summed E-state index contributed by atoms with van der Waals surface area (Å²) in [7, 11) is 0. The second-order valence-corrected chi connectivity index (χ2v) is 4.11. The van der Waals surface area contributed by atoms with Gasteiger partial charge < -0.3 is 5.73 Å². The molecule has 1 aliphatic carbocycles. The Balaban J connectivity index is 2.41. The van der Waals surface area contributed by atoms with E-state index in [0.29, 0.717) is 6.04 Å². The Morgan fingerprint density at radius 1 is 1.38 bits per heavy atom. The molecule has 0 spiro atoms. The van der Waals surface area contributed by atoms with E-state index in [9.17, 15) is 0 Å². The van der Waals surface area contributed by atoms with Gasteiger partial charge in [-0.05, 0) is 25.7 Å². The number of amidine groups is 1. The molecule has 2 N–H and O–H groups in total. The van der Waals surface area contributed by atoms with Gasteiger partial charge in [-0.1, -0.05) is 26.2 Å². The zero-order chi connectivity index (χ0) is 9.68. The molecule has 0 saturated heterocycles. The SMILES string of the molecule is CCC(N)=NC(C)C1CCCCC1. The van der Waals surface area contributed by atoms with E-state index < -0.39 is 0 Å². The van der Waals surface area contributed by atoms with Crippen molar-refractivity contribution < 1.29 is 0 Å². The maximum atomic E-state index is 5.73. The lowest BCUT2D eigenvalue weighted by Crippen LogP contribution is -2.22. The Morgan fingerprint density at radius 2 is 2.00 bits per heavy atom. The standard InChI is InChI=1S/C11H22N2/c1-3-11(12)13-9(2)10-7-5-4-6-8-10/h9-10H,3-8H2,1-2H3,(H2,12,13). The van der Waals surface area contributed by atoms with Gasteiger partial charge in [0.1, 0.15) is 0 Å². The van der Waals surface area contributed by atoms with E-state index in [4.69, 9.17) is 5.73 Å². The predicted octanol–water partition coefficient (Wildman–Crippen LogP) is 2.72. The Kier molecular flexibility index (Phi) is 4.26. The molecule has 0 radical (unpaired) electrons. The van der Waals surface area contributed by atoms with Crippen LogP contribution in [-0.4, -0.2) is 11.9 Å². The molecular formula is C11H22N2. The fourth-order valence-corrected chi connectivity index (χ4v) is 2.07. The van der Waals surface area contributed by atoms with E-state index in [1.807, 2.05) is 0 Å². The highest BCUT2D eigenvalue weighted by Crippen LogP contribution is 2.27. The molecule has 2 nitrogen and oxygen atoms in total. The molecule has 0 aromatic rings. The van der Waals surface area contributed by atoms with Gasteiger partial charge in [-0.3, -0.25) is 4.99 Å². The minimum atomic E-state index is 0.445. The van der Waals surface area contributed by atoms with Gasteiger partial charge in [0.2, 0.25) is 0 Å². The van der Waals surface area contributed by atoms with Crippen molar-refractivity contribution in [3.8, 4) is 0 Å². The number of hydrogen-bond acceptors (Lipinski definition) is 1. The number of nitrogens with zero attached hydrogens (tertiary/aromatic N) is 1. The quantitative estimate of drug-likeness (QED) is 0.529. The highest BCUT2D eigenvalue weighted by molar-refractivity contribution is 5.80. The minimum Gasteiger partial charge on any atom is -0.387 e. The Bertz CT molecular complexity index is 169. The number of rotatable bonds is 3. The van der Waals surface area contributed by atoms with Crippen molar-refractivity contribution in [1.29, 1.82) is 0 Å². The molecule has 13 heavy (non-hydrogen) atoms. The Labute approximate surface area is 81.6 Å². The zero-order valence-corrected chi connectivity index (χ0v) is 8.92. The van der Waals surface area contributed by atoms with Gasteiger partial charge in [-0.2, -0.15) is 0 Å².